The molecule has 0 fully saturated rings. The molecule has 3 heterocycles. The molecule has 0 saturated carbocycles. The van der Waals surface area contributed by atoms with Crippen LogP contribution in [0.2, 0.25) is 0 Å². The van der Waals surface area contributed by atoms with Crippen molar-refractivity contribution in [2.75, 3.05) is 16.5 Å². The molecule has 2 aromatic heterocycles. The Labute approximate surface area is 419 Å². The van der Waals surface area contributed by atoms with Gasteiger partial charge in [-0.1, -0.05) is 166 Å². The first kappa shape index (κ1) is 48.7. The van der Waals surface area contributed by atoms with Crippen molar-refractivity contribution < 1.29 is 4.74 Å². The molecule has 6 aromatic carbocycles. The van der Waals surface area contributed by atoms with E-state index in [0.717, 1.165) is 34.0 Å². The van der Waals surface area contributed by atoms with Gasteiger partial charge < -0.3 is 14.5 Å². The number of rotatable bonds is 7. The van der Waals surface area contributed by atoms with Gasteiger partial charge >= 0.3 is 0 Å². The number of ether oxygens (including phenoxy) is 1. The van der Waals surface area contributed by atoms with Gasteiger partial charge in [0.15, 0.2) is 0 Å². The number of anilines is 4. The van der Waals surface area contributed by atoms with Gasteiger partial charge in [0.05, 0.1) is 22.4 Å². The van der Waals surface area contributed by atoms with E-state index in [4.69, 9.17) is 9.72 Å². The largest absolute Gasteiger partial charge is 0.457 e. The van der Waals surface area contributed by atoms with Crippen LogP contribution in [0, 0.1) is 0 Å². The second-order valence-electron chi connectivity index (χ2n) is 25.7. The van der Waals surface area contributed by atoms with Crippen molar-refractivity contribution in [3.05, 3.63) is 179 Å². The first-order valence-electron chi connectivity index (χ1n) is 25.4. The molecule has 0 spiro atoms. The third kappa shape index (κ3) is 9.25. The molecular formula is C65H76N4O. The summed E-state index contributed by atoms with van der Waals surface area (Å²) in [5.41, 5.74) is 15.8. The molecule has 0 amide bonds. The van der Waals surface area contributed by atoms with Crippen molar-refractivity contribution in [1.29, 1.82) is 0 Å². The summed E-state index contributed by atoms with van der Waals surface area (Å²) in [5.74, 6) is 2.44. The average molecular weight is 929 g/mol. The fourth-order valence-electron chi connectivity index (χ4n) is 9.87. The highest BCUT2D eigenvalue weighted by atomic mass is 16.5. The predicted octanol–water partition coefficient (Wildman–Crippen LogP) is 18.0. The minimum Gasteiger partial charge on any atom is -0.457 e. The zero-order valence-electron chi connectivity index (χ0n) is 45.2. The maximum absolute atomic E-state index is 6.90. The molecule has 0 bridgehead atoms. The molecule has 5 heteroatoms. The summed E-state index contributed by atoms with van der Waals surface area (Å²) in [4.78, 5) is 10.00. The van der Waals surface area contributed by atoms with Gasteiger partial charge in [-0.25, -0.2) is 4.98 Å². The minimum atomic E-state index is -0.297. The van der Waals surface area contributed by atoms with Crippen LogP contribution in [-0.4, -0.2) is 16.2 Å². The van der Waals surface area contributed by atoms with Gasteiger partial charge in [-0.3, -0.25) is 4.57 Å². The lowest BCUT2D eigenvalue weighted by Gasteiger charge is -2.32. The molecule has 1 aliphatic rings. The SMILES string of the molecule is CC(C)(C)c1cc(N2CN(c3cccc(Oc4ccc5c6cc(C(C)(C)C)ccc6n(-c6cc(C(C)(C)c7cc(C(C)(C)C)cc(C(C)(C)C)c7)ccn6)c5c4)c3)c3ccccc32)cc(C(C)(C)C)c1. The second kappa shape index (κ2) is 16.9. The number of para-hydroxylation sites is 2. The molecule has 9 rings (SSSR count). The van der Waals surface area contributed by atoms with E-state index >= 15 is 0 Å². The zero-order chi connectivity index (χ0) is 50.5. The molecule has 0 atom stereocenters. The summed E-state index contributed by atoms with van der Waals surface area (Å²) in [6.45, 7) is 40.0. The Bertz CT molecular complexity index is 3210. The van der Waals surface area contributed by atoms with E-state index in [1.54, 1.807) is 0 Å². The van der Waals surface area contributed by atoms with Gasteiger partial charge in [0.2, 0.25) is 0 Å². The van der Waals surface area contributed by atoms with Crippen LogP contribution in [0.15, 0.2) is 140 Å². The molecule has 5 nitrogen and oxygen atoms in total. The van der Waals surface area contributed by atoms with Crippen LogP contribution in [-0.2, 0) is 32.5 Å². The number of benzene rings is 6. The van der Waals surface area contributed by atoms with Crippen molar-refractivity contribution in [2.45, 2.75) is 150 Å². The van der Waals surface area contributed by atoms with Gasteiger partial charge in [0, 0.05) is 45.9 Å². The van der Waals surface area contributed by atoms with Crippen molar-refractivity contribution in [2.24, 2.45) is 0 Å². The van der Waals surface area contributed by atoms with Gasteiger partial charge in [0.1, 0.15) is 24.0 Å². The van der Waals surface area contributed by atoms with Gasteiger partial charge in [-0.15, -0.1) is 0 Å². The van der Waals surface area contributed by atoms with E-state index in [1.807, 2.05) is 6.20 Å². The quantitative estimate of drug-likeness (QED) is 0.159. The Hall–Kier alpha value is -6.33. The molecule has 0 aliphatic carbocycles. The molecule has 0 radical (unpaired) electrons. The number of hydrogen-bond acceptors (Lipinski definition) is 4. The summed E-state index contributed by atoms with van der Waals surface area (Å²) in [5, 5.41) is 2.37. The van der Waals surface area contributed by atoms with Crippen molar-refractivity contribution in [3.8, 4) is 17.3 Å². The van der Waals surface area contributed by atoms with Crippen LogP contribution in [0.5, 0.6) is 11.5 Å². The third-order valence-electron chi connectivity index (χ3n) is 14.8. The molecule has 0 unspecified atom stereocenters. The predicted molar refractivity (Wildman–Crippen MR) is 299 cm³/mol. The standard InChI is InChI=1S/C65H76N4O/c1-60(2,3)42-25-28-55-54(37-42)53-27-26-52(40-58(53)69(55)59-38-43(29-30-66-59)65(16,17)48-33-44(61(4,5)6)31-45(34-48)62(7,8)9)70-51-22-20-21-49(39-51)67-41-68(57-24-19-18-23-56(57)67)50-35-46(63(10,11)12)32-47(36-50)64(13,14)15/h18-40H,41H2,1-17H3. The van der Waals surface area contributed by atoms with Gasteiger partial charge in [0.25, 0.3) is 0 Å². The lowest BCUT2D eigenvalue weighted by Crippen LogP contribution is -2.25. The fraction of sp³-hybridized carbons (Fsp3) is 0.369. The van der Waals surface area contributed by atoms with Crippen LogP contribution >= 0.6 is 0 Å². The maximum atomic E-state index is 6.90. The van der Waals surface area contributed by atoms with E-state index in [0.29, 0.717) is 6.67 Å². The Morgan fingerprint density at radius 2 is 0.914 bits per heavy atom. The number of aromatic nitrogens is 2. The summed E-state index contributed by atoms with van der Waals surface area (Å²) in [7, 11) is 0. The molecule has 8 aromatic rings. The summed E-state index contributed by atoms with van der Waals surface area (Å²) >= 11 is 0. The van der Waals surface area contributed by atoms with Crippen LogP contribution in [0.4, 0.5) is 22.7 Å². The minimum absolute atomic E-state index is 0.00884. The summed E-state index contributed by atoms with van der Waals surface area (Å²) in [6, 6.07) is 49.7. The Morgan fingerprint density at radius 3 is 1.49 bits per heavy atom. The summed E-state index contributed by atoms with van der Waals surface area (Å²) < 4.78 is 9.23. The van der Waals surface area contributed by atoms with Crippen molar-refractivity contribution in [1.82, 2.24) is 9.55 Å². The van der Waals surface area contributed by atoms with E-state index in [2.05, 4.69) is 266 Å². The smallest absolute Gasteiger partial charge is 0.137 e. The fourth-order valence-corrected chi connectivity index (χ4v) is 9.87. The van der Waals surface area contributed by atoms with Gasteiger partial charge in [-0.05, 0) is 139 Å². The monoisotopic (exact) mass is 929 g/mol. The van der Waals surface area contributed by atoms with E-state index in [-0.39, 0.29) is 32.5 Å². The number of fused-ring (bicyclic) bond motifs is 4. The lowest BCUT2D eigenvalue weighted by molar-refractivity contribution is 0.483. The highest BCUT2D eigenvalue weighted by Crippen LogP contribution is 2.47. The first-order valence-corrected chi connectivity index (χ1v) is 25.4. The normalized spacial score (nSPS) is 14.0. The molecule has 0 saturated heterocycles. The molecule has 0 N–H and O–H groups in total. The van der Waals surface area contributed by atoms with Crippen molar-refractivity contribution >= 4 is 44.6 Å². The Morgan fingerprint density at radius 1 is 0.386 bits per heavy atom. The van der Waals surface area contributed by atoms with Crippen LogP contribution in [0.1, 0.15) is 157 Å². The molecule has 1 aliphatic heterocycles. The average Bonchev–Trinajstić information content (AvgIpc) is 3.83. The zero-order valence-corrected chi connectivity index (χ0v) is 45.2. The number of nitrogens with zero attached hydrogens (tertiary/aromatic N) is 4. The topological polar surface area (TPSA) is 33.5 Å². The Balaban J connectivity index is 1.11. The van der Waals surface area contributed by atoms with E-state index in [9.17, 15) is 0 Å². The third-order valence-corrected chi connectivity index (χ3v) is 14.8. The highest BCUT2D eigenvalue weighted by molar-refractivity contribution is 6.10. The van der Waals surface area contributed by atoms with Gasteiger partial charge in [-0.2, -0.15) is 0 Å². The molecule has 70 heavy (non-hydrogen) atoms. The van der Waals surface area contributed by atoms with E-state index in [1.165, 1.54) is 66.8 Å². The first-order chi connectivity index (χ1) is 32.6. The highest BCUT2D eigenvalue weighted by Gasteiger charge is 2.32. The molecular weight excluding hydrogens is 853 g/mol. The van der Waals surface area contributed by atoms with Crippen LogP contribution < -0.4 is 14.5 Å². The van der Waals surface area contributed by atoms with Crippen LogP contribution in [0.25, 0.3) is 27.6 Å². The van der Waals surface area contributed by atoms with Crippen LogP contribution in [0.3, 0.4) is 0 Å². The van der Waals surface area contributed by atoms with E-state index < -0.39 is 0 Å². The lowest BCUT2D eigenvalue weighted by atomic mass is 9.72. The number of pyridine rings is 1. The van der Waals surface area contributed by atoms with Crippen molar-refractivity contribution in [3.63, 3.8) is 0 Å². The second-order valence-corrected chi connectivity index (χ2v) is 25.7. The molecule has 362 valence electrons. The summed E-state index contributed by atoms with van der Waals surface area (Å²) in [6.07, 6.45) is 1.99. The number of hydrogen-bond donors (Lipinski definition) is 0. The maximum Gasteiger partial charge on any atom is 0.137 e. The Kier molecular flexibility index (Phi) is 11.8.